The molecule has 5 heteroatoms. The molecule has 1 fully saturated rings. The van der Waals surface area contributed by atoms with Gasteiger partial charge in [-0.25, -0.2) is 0 Å². The third-order valence-corrected chi connectivity index (χ3v) is 5.55. The van der Waals surface area contributed by atoms with Crippen molar-refractivity contribution in [3.63, 3.8) is 0 Å². The van der Waals surface area contributed by atoms with E-state index < -0.39 is 0 Å². The first-order valence-electron chi connectivity index (χ1n) is 10.1. The second-order valence-electron chi connectivity index (χ2n) is 7.57. The molecule has 0 atom stereocenters. The van der Waals surface area contributed by atoms with Crippen LogP contribution in [0.3, 0.4) is 0 Å². The third kappa shape index (κ3) is 3.80. The summed E-state index contributed by atoms with van der Waals surface area (Å²) < 4.78 is 5.95. The minimum Gasteiger partial charge on any atom is -0.456 e. The van der Waals surface area contributed by atoms with Crippen molar-refractivity contribution in [1.82, 2.24) is 14.8 Å². The van der Waals surface area contributed by atoms with Crippen LogP contribution in [0.5, 0.6) is 0 Å². The van der Waals surface area contributed by atoms with Crippen molar-refractivity contribution in [3.05, 3.63) is 65.4 Å². The molecule has 0 saturated carbocycles. The highest BCUT2D eigenvalue weighted by Crippen LogP contribution is 2.23. The molecule has 1 aliphatic rings. The normalized spacial score (nSPS) is 14.6. The van der Waals surface area contributed by atoms with E-state index in [0.717, 1.165) is 53.7 Å². The lowest BCUT2D eigenvalue weighted by Crippen LogP contribution is -2.26. The molecular weight excluding hydrogens is 350 g/mol. The van der Waals surface area contributed by atoms with Crippen molar-refractivity contribution >= 4 is 16.7 Å². The molecule has 1 aliphatic heterocycles. The number of carbonyl (C=O) groups excluding carboxylic acids is 1. The zero-order chi connectivity index (χ0) is 19.5. The molecule has 0 spiro atoms. The summed E-state index contributed by atoms with van der Waals surface area (Å²) in [6.07, 6.45) is 6.96. The summed E-state index contributed by atoms with van der Waals surface area (Å²) >= 11 is 0. The molecule has 146 valence electrons. The SMILES string of the molecule is CCc1oc(C(=O)N(C)Cc2cccc3cnccc23)cc1CN1CCCC1. The van der Waals surface area contributed by atoms with Gasteiger partial charge in [-0.3, -0.25) is 14.7 Å². The maximum absolute atomic E-state index is 13.0. The number of rotatable bonds is 6. The number of nitrogens with zero attached hydrogens (tertiary/aromatic N) is 3. The van der Waals surface area contributed by atoms with E-state index in [9.17, 15) is 4.79 Å². The first-order valence-corrected chi connectivity index (χ1v) is 10.1. The molecule has 0 N–H and O–H groups in total. The summed E-state index contributed by atoms with van der Waals surface area (Å²) in [5.41, 5.74) is 2.26. The number of carbonyl (C=O) groups is 1. The number of amides is 1. The molecule has 1 aromatic carbocycles. The van der Waals surface area contributed by atoms with Gasteiger partial charge in [0.15, 0.2) is 5.76 Å². The van der Waals surface area contributed by atoms with Gasteiger partial charge >= 0.3 is 0 Å². The minimum atomic E-state index is -0.0755. The molecule has 4 rings (SSSR count). The van der Waals surface area contributed by atoms with Crippen LogP contribution in [0.2, 0.25) is 0 Å². The molecule has 28 heavy (non-hydrogen) atoms. The van der Waals surface area contributed by atoms with Gasteiger partial charge in [-0.05, 0) is 49.0 Å². The third-order valence-electron chi connectivity index (χ3n) is 5.55. The van der Waals surface area contributed by atoms with Crippen molar-refractivity contribution in [2.75, 3.05) is 20.1 Å². The van der Waals surface area contributed by atoms with Gasteiger partial charge in [0, 0.05) is 49.9 Å². The molecule has 2 aromatic heterocycles. The highest BCUT2D eigenvalue weighted by molar-refractivity contribution is 5.92. The fourth-order valence-corrected chi connectivity index (χ4v) is 4.03. The molecule has 3 heterocycles. The summed E-state index contributed by atoms with van der Waals surface area (Å²) in [5.74, 6) is 1.30. The Morgan fingerprint density at radius 1 is 1.21 bits per heavy atom. The van der Waals surface area contributed by atoms with E-state index in [0.29, 0.717) is 12.3 Å². The van der Waals surface area contributed by atoms with E-state index in [1.54, 1.807) is 11.1 Å². The van der Waals surface area contributed by atoms with E-state index >= 15 is 0 Å². The van der Waals surface area contributed by atoms with Crippen molar-refractivity contribution in [3.8, 4) is 0 Å². The summed E-state index contributed by atoms with van der Waals surface area (Å²) in [7, 11) is 1.83. The highest BCUT2D eigenvalue weighted by Gasteiger charge is 2.22. The van der Waals surface area contributed by atoms with Crippen LogP contribution in [-0.2, 0) is 19.5 Å². The molecule has 0 radical (unpaired) electrons. The molecular formula is C23H27N3O2. The largest absolute Gasteiger partial charge is 0.456 e. The summed E-state index contributed by atoms with van der Waals surface area (Å²) in [6.45, 7) is 5.75. The molecule has 1 saturated heterocycles. The van der Waals surface area contributed by atoms with Gasteiger partial charge < -0.3 is 9.32 Å². The van der Waals surface area contributed by atoms with Gasteiger partial charge in [0.05, 0.1) is 0 Å². The van der Waals surface area contributed by atoms with Crippen LogP contribution in [0.15, 0.2) is 47.1 Å². The zero-order valence-corrected chi connectivity index (χ0v) is 16.6. The zero-order valence-electron chi connectivity index (χ0n) is 16.6. The van der Waals surface area contributed by atoms with Crippen molar-refractivity contribution in [1.29, 1.82) is 0 Å². The number of furan rings is 1. The number of pyridine rings is 1. The Morgan fingerprint density at radius 2 is 2.04 bits per heavy atom. The van der Waals surface area contributed by atoms with Crippen LogP contribution in [0.4, 0.5) is 0 Å². The first kappa shape index (κ1) is 18.7. The lowest BCUT2D eigenvalue weighted by atomic mass is 10.1. The minimum absolute atomic E-state index is 0.0755. The van der Waals surface area contributed by atoms with E-state index in [1.807, 2.05) is 37.5 Å². The fourth-order valence-electron chi connectivity index (χ4n) is 4.03. The summed E-state index contributed by atoms with van der Waals surface area (Å²) in [4.78, 5) is 21.4. The monoisotopic (exact) mass is 377 g/mol. The Balaban J connectivity index is 1.52. The number of hydrogen-bond donors (Lipinski definition) is 0. The van der Waals surface area contributed by atoms with Crippen LogP contribution in [0.1, 0.15) is 47.2 Å². The summed E-state index contributed by atoms with van der Waals surface area (Å²) in [6, 6.07) is 10.1. The molecule has 3 aromatic rings. The van der Waals surface area contributed by atoms with Gasteiger partial charge in [0.1, 0.15) is 5.76 Å². The Morgan fingerprint density at radius 3 is 2.82 bits per heavy atom. The highest BCUT2D eigenvalue weighted by atomic mass is 16.4. The average molecular weight is 377 g/mol. The van der Waals surface area contributed by atoms with Gasteiger partial charge in [0.25, 0.3) is 5.91 Å². The van der Waals surface area contributed by atoms with Gasteiger partial charge in [-0.1, -0.05) is 25.1 Å². The molecule has 0 aliphatic carbocycles. The smallest absolute Gasteiger partial charge is 0.289 e. The number of likely N-dealkylation sites (tertiary alicyclic amines) is 1. The second kappa shape index (κ2) is 8.15. The first-order chi connectivity index (χ1) is 13.7. The van der Waals surface area contributed by atoms with Crippen LogP contribution < -0.4 is 0 Å². The molecule has 5 nitrogen and oxygen atoms in total. The van der Waals surface area contributed by atoms with Crippen molar-refractivity contribution in [2.45, 2.75) is 39.3 Å². The molecule has 1 amide bonds. The number of fused-ring (bicyclic) bond motifs is 1. The van der Waals surface area contributed by atoms with Crippen LogP contribution in [0.25, 0.3) is 10.8 Å². The van der Waals surface area contributed by atoms with E-state index in [2.05, 4.69) is 22.9 Å². The lowest BCUT2D eigenvalue weighted by Gasteiger charge is -2.17. The Bertz CT molecular complexity index is 968. The quantitative estimate of drug-likeness (QED) is 0.644. The number of aromatic nitrogens is 1. The Labute approximate surface area is 166 Å². The topological polar surface area (TPSA) is 49.6 Å². The fraction of sp³-hybridized carbons (Fsp3) is 0.391. The average Bonchev–Trinajstić information content (AvgIpc) is 3.37. The van der Waals surface area contributed by atoms with Crippen molar-refractivity contribution < 1.29 is 9.21 Å². The number of hydrogen-bond acceptors (Lipinski definition) is 4. The van der Waals surface area contributed by atoms with Crippen LogP contribution >= 0.6 is 0 Å². The summed E-state index contributed by atoms with van der Waals surface area (Å²) in [5, 5.41) is 2.21. The van der Waals surface area contributed by atoms with Gasteiger partial charge in [0.2, 0.25) is 0 Å². The lowest BCUT2D eigenvalue weighted by molar-refractivity contribution is 0.0752. The Hall–Kier alpha value is -2.66. The van der Waals surface area contributed by atoms with Crippen LogP contribution in [-0.4, -0.2) is 40.8 Å². The standard InChI is InChI=1S/C23H27N3O2/c1-3-21-19(16-26-11-4-5-12-26)13-22(28-21)23(27)25(2)15-18-8-6-7-17-14-24-10-9-20(17)18/h6-10,13-14H,3-5,11-12,15-16H2,1-2H3. The Kier molecular flexibility index (Phi) is 5.44. The van der Waals surface area contributed by atoms with Gasteiger partial charge in [-0.2, -0.15) is 0 Å². The van der Waals surface area contributed by atoms with Crippen LogP contribution in [0, 0.1) is 0 Å². The van der Waals surface area contributed by atoms with E-state index in [1.165, 1.54) is 12.8 Å². The van der Waals surface area contributed by atoms with Crippen molar-refractivity contribution in [2.24, 2.45) is 0 Å². The second-order valence-corrected chi connectivity index (χ2v) is 7.57. The maximum Gasteiger partial charge on any atom is 0.289 e. The number of benzene rings is 1. The van der Waals surface area contributed by atoms with E-state index in [-0.39, 0.29) is 5.91 Å². The molecule has 0 bridgehead atoms. The number of aryl methyl sites for hydroxylation is 1. The predicted molar refractivity (Wildman–Crippen MR) is 110 cm³/mol. The van der Waals surface area contributed by atoms with Gasteiger partial charge in [-0.15, -0.1) is 0 Å². The van der Waals surface area contributed by atoms with E-state index in [4.69, 9.17) is 4.42 Å². The molecule has 0 unspecified atom stereocenters. The maximum atomic E-state index is 13.0. The predicted octanol–water partition coefficient (Wildman–Crippen LogP) is 4.26.